The van der Waals surface area contributed by atoms with Gasteiger partial charge in [-0.2, -0.15) is 5.26 Å². The van der Waals surface area contributed by atoms with Crippen molar-refractivity contribution in [1.82, 2.24) is 0 Å². The summed E-state index contributed by atoms with van der Waals surface area (Å²) in [6.45, 7) is 4.66. The zero-order valence-corrected chi connectivity index (χ0v) is 6.91. The first-order valence-corrected chi connectivity index (χ1v) is 3.64. The lowest BCUT2D eigenvalue weighted by Crippen LogP contribution is -2.37. The van der Waals surface area contributed by atoms with Crippen LogP contribution in [0.25, 0.3) is 0 Å². The molecule has 0 aromatic heterocycles. The summed E-state index contributed by atoms with van der Waals surface area (Å²) in [7, 11) is 0. The van der Waals surface area contributed by atoms with Crippen LogP contribution in [0.15, 0.2) is 0 Å². The standard InChI is InChI=1S/C7H14N2O2/c1-3-10-7(11-4-2)6(9)5-8/h6-7H,3-4,9H2,1-2H3. The first-order chi connectivity index (χ1) is 5.26. The fourth-order valence-electron chi connectivity index (χ4n) is 0.645. The van der Waals surface area contributed by atoms with E-state index in [4.69, 9.17) is 20.5 Å². The van der Waals surface area contributed by atoms with E-state index in [1.54, 1.807) is 0 Å². The fraction of sp³-hybridized carbons (Fsp3) is 0.857. The van der Waals surface area contributed by atoms with Gasteiger partial charge in [-0.3, -0.25) is 0 Å². The van der Waals surface area contributed by atoms with Crippen LogP contribution in [-0.2, 0) is 9.47 Å². The van der Waals surface area contributed by atoms with Gasteiger partial charge in [0.05, 0.1) is 6.07 Å². The number of nitriles is 1. The number of nitrogens with two attached hydrogens (primary N) is 1. The van der Waals surface area contributed by atoms with Crippen molar-refractivity contribution in [1.29, 1.82) is 5.26 Å². The van der Waals surface area contributed by atoms with Crippen LogP contribution < -0.4 is 5.73 Å². The minimum atomic E-state index is -0.699. The van der Waals surface area contributed by atoms with Crippen LogP contribution in [0.2, 0.25) is 0 Å². The number of hydrogen-bond donors (Lipinski definition) is 1. The third kappa shape index (κ3) is 3.94. The van der Waals surface area contributed by atoms with Crippen molar-refractivity contribution in [2.24, 2.45) is 5.73 Å². The minimum absolute atomic E-state index is 0.500. The van der Waals surface area contributed by atoms with Crippen LogP contribution in [0, 0.1) is 11.3 Å². The maximum Gasteiger partial charge on any atom is 0.185 e. The van der Waals surface area contributed by atoms with Gasteiger partial charge in [-0.05, 0) is 13.8 Å². The SMILES string of the molecule is CCOC(OCC)C(N)C#N. The summed E-state index contributed by atoms with van der Waals surface area (Å²) in [5, 5.41) is 8.42. The second-order valence-corrected chi connectivity index (χ2v) is 1.93. The van der Waals surface area contributed by atoms with Gasteiger partial charge in [0.15, 0.2) is 6.29 Å². The lowest BCUT2D eigenvalue weighted by Gasteiger charge is -2.17. The molecular weight excluding hydrogens is 144 g/mol. The number of rotatable bonds is 5. The van der Waals surface area contributed by atoms with Gasteiger partial charge in [-0.25, -0.2) is 0 Å². The first kappa shape index (κ1) is 10.4. The summed E-state index contributed by atoms with van der Waals surface area (Å²) in [5.41, 5.74) is 5.38. The van der Waals surface area contributed by atoms with E-state index in [9.17, 15) is 0 Å². The molecule has 0 spiro atoms. The van der Waals surface area contributed by atoms with E-state index in [0.29, 0.717) is 13.2 Å². The second-order valence-electron chi connectivity index (χ2n) is 1.93. The Kier molecular flexibility index (Phi) is 5.75. The Morgan fingerprint density at radius 2 is 1.82 bits per heavy atom. The van der Waals surface area contributed by atoms with Crippen LogP contribution in [0.4, 0.5) is 0 Å². The quantitative estimate of drug-likeness (QED) is 0.582. The normalized spacial score (nSPS) is 13.0. The molecule has 4 heteroatoms. The van der Waals surface area contributed by atoms with Crippen LogP contribution >= 0.6 is 0 Å². The molecule has 11 heavy (non-hydrogen) atoms. The lowest BCUT2D eigenvalue weighted by atomic mass is 10.3. The molecule has 0 aliphatic rings. The lowest BCUT2D eigenvalue weighted by molar-refractivity contribution is -0.139. The molecule has 0 saturated carbocycles. The number of ether oxygens (including phenoxy) is 2. The maximum absolute atomic E-state index is 8.42. The summed E-state index contributed by atoms with van der Waals surface area (Å²) < 4.78 is 10.1. The molecule has 0 amide bonds. The second kappa shape index (κ2) is 6.10. The van der Waals surface area contributed by atoms with Gasteiger partial charge in [-0.15, -0.1) is 0 Å². The molecule has 0 rings (SSSR count). The molecule has 0 radical (unpaired) electrons. The maximum atomic E-state index is 8.42. The monoisotopic (exact) mass is 158 g/mol. The van der Waals surface area contributed by atoms with Gasteiger partial charge < -0.3 is 15.2 Å². The molecular formula is C7H14N2O2. The van der Waals surface area contributed by atoms with Crippen LogP contribution in [0.5, 0.6) is 0 Å². The van der Waals surface area contributed by atoms with Crippen LogP contribution in [0.1, 0.15) is 13.8 Å². The smallest absolute Gasteiger partial charge is 0.185 e. The third-order valence-corrected chi connectivity index (χ3v) is 1.10. The molecule has 0 aliphatic carbocycles. The average Bonchev–Trinajstić information content (AvgIpc) is 2.03. The van der Waals surface area contributed by atoms with Crippen LogP contribution in [-0.4, -0.2) is 25.5 Å². The van der Waals surface area contributed by atoms with Crippen molar-refractivity contribution in [2.75, 3.05) is 13.2 Å². The molecule has 0 aliphatic heterocycles. The molecule has 4 nitrogen and oxygen atoms in total. The molecule has 0 fully saturated rings. The summed E-state index contributed by atoms with van der Waals surface area (Å²) in [6, 6.07) is 1.16. The van der Waals surface area contributed by atoms with Crippen LogP contribution in [0.3, 0.4) is 0 Å². The summed E-state index contributed by atoms with van der Waals surface area (Å²) in [4.78, 5) is 0. The first-order valence-electron chi connectivity index (χ1n) is 3.64. The van der Waals surface area contributed by atoms with Gasteiger partial charge in [0.2, 0.25) is 0 Å². The molecule has 64 valence electrons. The highest BCUT2D eigenvalue weighted by Gasteiger charge is 2.16. The third-order valence-electron chi connectivity index (χ3n) is 1.10. The van der Waals surface area contributed by atoms with Crippen molar-refractivity contribution in [3.05, 3.63) is 0 Å². The Bertz CT molecular complexity index is 127. The molecule has 1 unspecified atom stereocenters. The predicted octanol–water partition coefficient (Wildman–Crippen LogP) is 0.236. The van der Waals surface area contributed by atoms with Gasteiger partial charge in [0.25, 0.3) is 0 Å². The molecule has 0 heterocycles. The topological polar surface area (TPSA) is 68.3 Å². The Morgan fingerprint density at radius 1 is 1.36 bits per heavy atom. The molecule has 1 atom stereocenters. The molecule has 0 saturated heterocycles. The van der Waals surface area contributed by atoms with E-state index in [2.05, 4.69) is 0 Å². The molecule has 0 aromatic rings. The highest BCUT2D eigenvalue weighted by atomic mass is 16.7. The van der Waals surface area contributed by atoms with E-state index in [1.165, 1.54) is 0 Å². The Balaban J connectivity index is 3.78. The molecule has 2 N–H and O–H groups in total. The Morgan fingerprint density at radius 3 is 2.09 bits per heavy atom. The van der Waals surface area contributed by atoms with E-state index in [0.717, 1.165) is 0 Å². The van der Waals surface area contributed by atoms with E-state index >= 15 is 0 Å². The molecule has 0 aromatic carbocycles. The largest absolute Gasteiger partial charge is 0.350 e. The number of hydrogen-bond acceptors (Lipinski definition) is 4. The van der Waals surface area contributed by atoms with Gasteiger partial charge in [0.1, 0.15) is 6.04 Å². The van der Waals surface area contributed by atoms with Gasteiger partial charge in [0, 0.05) is 13.2 Å². The zero-order valence-electron chi connectivity index (χ0n) is 6.91. The average molecular weight is 158 g/mol. The minimum Gasteiger partial charge on any atom is -0.350 e. The van der Waals surface area contributed by atoms with E-state index in [1.807, 2.05) is 19.9 Å². The summed E-state index contributed by atoms with van der Waals surface area (Å²) >= 11 is 0. The Hall–Kier alpha value is -0.630. The highest BCUT2D eigenvalue weighted by molar-refractivity contribution is 4.89. The molecule has 0 bridgehead atoms. The van der Waals surface area contributed by atoms with Crippen molar-refractivity contribution in [3.63, 3.8) is 0 Å². The predicted molar refractivity (Wildman–Crippen MR) is 40.6 cm³/mol. The van der Waals surface area contributed by atoms with Gasteiger partial charge in [-0.1, -0.05) is 0 Å². The van der Waals surface area contributed by atoms with Crippen molar-refractivity contribution in [3.8, 4) is 6.07 Å². The highest BCUT2D eigenvalue weighted by Crippen LogP contribution is 1.98. The van der Waals surface area contributed by atoms with Crippen molar-refractivity contribution < 1.29 is 9.47 Å². The summed E-state index contributed by atoms with van der Waals surface area (Å²) in [5.74, 6) is 0. The Labute approximate surface area is 66.9 Å². The van der Waals surface area contributed by atoms with Crippen molar-refractivity contribution >= 4 is 0 Å². The van der Waals surface area contributed by atoms with E-state index < -0.39 is 12.3 Å². The van der Waals surface area contributed by atoms with E-state index in [-0.39, 0.29) is 0 Å². The van der Waals surface area contributed by atoms with Gasteiger partial charge >= 0.3 is 0 Å². The zero-order chi connectivity index (χ0) is 8.69. The fourth-order valence-corrected chi connectivity index (χ4v) is 0.645. The summed E-state index contributed by atoms with van der Waals surface area (Å²) in [6.07, 6.45) is -0.588. The number of nitrogens with zero attached hydrogens (tertiary/aromatic N) is 1. The van der Waals surface area contributed by atoms with Crippen molar-refractivity contribution in [2.45, 2.75) is 26.2 Å².